The second-order valence-corrected chi connectivity index (χ2v) is 8.05. The molecule has 2 aromatic heterocycles. The summed E-state index contributed by atoms with van der Waals surface area (Å²) in [5, 5.41) is 8.96. The fourth-order valence-electron chi connectivity index (χ4n) is 3.48. The number of hydrogen-bond acceptors (Lipinski definition) is 4. The molecular weight excluding hydrogens is 424 g/mol. The van der Waals surface area contributed by atoms with E-state index in [0.717, 1.165) is 41.8 Å². The Morgan fingerprint density at radius 2 is 1.88 bits per heavy atom. The lowest BCUT2D eigenvalue weighted by atomic mass is 10.2. The zero-order valence-corrected chi connectivity index (χ0v) is 19.2. The van der Waals surface area contributed by atoms with E-state index in [2.05, 4.69) is 24.3 Å². The summed E-state index contributed by atoms with van der Waals surface area (Å²) in [7, 11) is 0. The molecule has 0 saturated heterocycles. The maximum atomic E-state index is 12.7. The van der Waals surface area contributed by atoms with Crippen molar-refractivity contribution in [2.24, 2.45) is 5.92 Å². The van der Waals surface area contributed by atoms with Gasteiger partial charge in [-0.25, -0.2) is 0 Å². The van der Waals surface area contributed by atoms with Gasteiger partial charge in [0.05, 0.1) is 18.3 Å². The van der Waals surface area contributed by atoms with E-state index < -0.39 is 0 Å². The van der Waals surface area contributed by atoms with Crippen LogP contribution in [-0.2, 0) is 13.2 Å². The van der Waals surface area contributed by atoms with Gasteiger partial charge in [0.25, 0.3) is 5.56 Å². The molecule has 168 valence electrons. The standard InChI is InChI=1S/C25H28N4O2.ClH/c1-19(2)16-26-11-13-29-24-9-8-22(14-21(24)17-27-29)28-12-10-23(15-25(28)30)31-18-20-6-4-3-5-7-20;/h3-10,12,14-15,17,19,26H,11,13,16,18H2,1-2H3;1H. The van der Waals surface area contributed by atoms with Crippen molar-refractivity contribution in [2.75, 3.05) is 13.1 Å². The van der Waals surface area contributed by atoms with Crippen molar-refractivity contribution in [1.29, 1.82) is 0 Å². The highest BCUT2D eigenvalue weighted by molar-refractivity contribution is 5.85. The van der Waals surface area contributed by atoms with Gasteiger partial charge < -0.3 is 10.1 Å². The lowest BCUT2D eigenvalue weighted by molar-refractivity contribution is 0.305. The van der Waals surface area contributed by atoms with Crippen molar-refractivity contribution in [2.45, 2.75) is 27.0 Å². The number of benzene rings is 2. The average molecular weight is 453 g/mol. The van der Waals surface area contributed by atoms with E-state index in [4.69, 9.17) is 4.74 Å². The molecule has 0 aliphatic heterocycles. The highest BCUT2D eigenvalue weighted by Gasteiger charge is 2.07. The molecule has 32 heavy (non-hydrogen) atoms. The van der Waals surface area contributed by atoms with E-state index >= 15 is 0 Å². The van der Waals surface area contributed by atoms with Crippen molar-refractivity contribution in [1.82, 2.24) is 19.7 Å². The molecular formula is C25H29ClN4O2. The third-order valence-electron chi connectivity index (χ3n) is 5.10. The molecule has 2 aromatic carbocycles. The van der Waals surface area contributed by atoms with E-state index in [9.17, 15) is 4.79 Å². The lowest BCUT2D eigenvalue weighted by Crippen LogP contribution is -2.24. The van der Waals surface area contributed by atoms with Crippen LogP contribution in [0.15, 0.2) is 77.9 Å². The van der Waals surface area contributed by atoms with Crippen molar-refractivity contribution in [3.8, 4) is 11.4 Å². The number of fused-ring (bicyclic) bond motifs is 1. The Kier molecular flexibility index (Phi) is 8.09. The van der Waals surface area contributed by atoms with Crippen LogP contribution in [0.2, 0.25) is 0 Å². The number of nitrogens with one attached hydrogen (secondary N) is 1. The van der Waals surface area contributed by atoms with Gasteiger partial charge in [-0.05, 0) is 42.3 Å². The topological polar surface area (TPSA) is 61.1 Å². The summed E-state index contributed by atoms with van der Waals surface area (Å²) < 4.78 is 9.38. The van der Waals surface area contributed by atoms with E-state index in [1.54, 1.807) is 10.8 Å². The molecule has 0 saturated carbocycles. The first-order valence-corrected chi connectivity index (χ1v) is 10.7. The zero-order valence-electron chi connectivity index (χ0n) is 18.4. The smallest absolute Gasteiger partial charge is 0.258 e. The molecule has 4 rings (SSSR count). The SMILES string of the molecule is CC(C)CNCCn1ncc2cc(-n3ccc(OCc4ccccc4)cc3=O)ccc21.Cl. The van der Waals surface area contributed by atoms with E-state index in [1.165, 1.54) is 6.07 Å². The Morgan fingerprint density at radius 3 is 2.62 bits per heavy atom. The molecule has 0 spiro atoms. The van der Waals surface area contributed by atoms with Crippen molar-refractivity contribution < 1.29 is 4.74 Å². The minimum atomic E-state index is -0.129. The molecule has 0 aliphatic carbocycles. The zero-order chi connectivity index (χ0) is 21.6. The van der Waals surface area contributed by atoms with Gasteiger partial charge in [-0.3, -0.25) is 14.0 Å². The molecule has 0 aliphatic rings. The third kappa shape index (κ3) is 5.78. The second kappa shape index (κ2) is 11.0. The van der Waals surface area contributed by atoms with E-state index in [-0.39, 0.29) is 18.0 Å². The lowest BCUT2D eigenvalue weighted by Gasteiger charge is -2.10. The summed E-state index contributed by atoms with van der Waals surface area (Å²) in [6.07, 6.45) is 3.60. The number of ether oxygens (including phenoxy) is 1. The molecule has 0 unspecified atom stereocenters. The number of pyridine rings is 1. The predicted molar refractivity (Wildman–Crippen MR) is 131 cm³/mol. The predicted octanol–water partition coefficient (Wildman–Crippen LogP) is 4.43. The van der Waals surface area contributed by atoms with Crippen LogP contribution in [0.25, 0.3) is 16.6 Å². The molecule has 0 atom stereocenters. The Bertz CT molecular complexity index is 1200. The van der Waals surface area contributed by atoms with Gasteiger partial charge in [0.2, 0.25) is 0 Å². The van der Waals surface area contributed by atoms with Crippen LogP contribution in [-0.4, -0.2) is 27.4 Å². The maximum absolute atomic E-state index is 12.7. The molecule has 0 amide bonds. The van der Waals surface area contributed by atoms with Crippen molar-refractivity contribution in [3.63, 3.8) is 0 Å². The Balaban J connectivity index is 0.00000289. The van der Waals surface area contributed by atoms with E-state index in [1.807, 2.05) is 65.5 Å². The molecule has 6 nitrogen and oxygen atoms in total. The summed E-state index contributed by atoms with van der Waals surface area (Å²) in [6.45, 7) is 7.51. The van der Waals surface area contributed by atoms with Gasteiger partial charge in [-0.15, -0.1) is 12.4 Å². The van der Waals surface area contributed by atoms with Gasteiger partial charge in [0.1, 0.15) is 12.4 Å². The van der Waals surface area contributed by atoms with Gasteiger partial charge >= 0.3 is 0 Å². The van der Waals surface area contributed by atoms with Gasteiger partial charge in [0, 0.05) is 29.9 Å². The number of halogens is 1. The first kappa shape index (κ1) is 23.6. The van der Waals surface area contributed by atoms with Crippen LogP contribution in [0.4, 0.5) is 0 Å². The van der Waals surface area contributed by atoms with Crippen molar-refractivity contribution in [3.05, 3.63) is 89.0 Å². The van der Waals surface area contributed by atoms with E-state index in [0.29, 0.717) is 18.3 Å². The Morgan fingerprint density at radius 1 is 1.06 bits per heavy atom. The van der Waals surface area contributed by atoms with Crippen LogP contribution in [0, 0.1) is 5.92 Å². The molecule has 1 N–H and O–H groups in total. The third-order valence-corrected chi connectivity index (χ3v) is 5.10. The minimum Gasteiger partial charge on any atom is -0.489 e. The molecule has 0 fully saturated rings. The Hall–Kier alpha value is -3.09. The minimum absolute atomic E-state index is 0. The molecule has 0 radical (unpaired) electrons. The van der Waals surface area contributed by atoms with Crippen LogP contribution in [0.1, 0.15) is 19.4 Å². The highest BCUT2D eigenvalue weighted by atomic mass is 35.5. The van der Waals surface area contributed by atoms with Gasteiger partial charge in [-0.1, -0.05) is 44.2 Å². The largest absolute Gasteiger partial charge is 0.489 e. The molecule has 7 heteroatoms. The quantitative estimate of drug-likeness (QED) is 0.381. The summed E-state index contributed by atoms with van der Waals surface area (Å²) >= 11 is 0. The summed E-state index contributed by atoms with van der Waals surface area (Å²) in [5.41, 5.74) is 2.80. The highest BCUT2D eigenvalue weighted by Crippen LogP contribution is 2.19. The molecule has 4 aromatic rings. The van der Waals surface area contributed by atoms with Gasteiger partial charge in [-0.2, -0.15) is 5.10 Å². The molecule has 0 bridgehead atoms. The fraction of sp³-hybridized carbons (Fsp3) is 0.280. The maximum Gasteiger partial charge on any atom is 0.258 e. The van der Waals surface area contributed by atoms with Crippen LogP contribution >= 0.6 is 12.4 Å². The van der Waals surface area contributed by atoms with Crippen LogP contribution < -0.4 is 15.6 Å². The number of hydrogen-bond donors (Lipinski definition) is 1. The van der Waals surface area contributed by atoms with Crippen LogP contribution in [0.5, 0.6) is 5.75 Å². The molecule has 2 heterocycles. The number of rotatable bonds is 9. The number of aromatic nitrogens is 3. The first-order valence-electron chi connectivity index (χ1n) is 10.7. The normalized spacial score (nSPS) is 11.0. The number of nitrogens with zero attached hydrogens (tertiary/aromatic N) is 3. The summed E-state index contributed by atoms with van der Waals surface area (Å²) in [6, 6.07) is 19.2. The summed E-state index contributed by atoms with van der Waals surface area (Å²) in [5.74, 6) is 1.19. The fourth-order valence-corrected chi connectivity index (χ4v) is 3.48. The summed E-state index contributed by atoms with van der Waals surface area (Å²) in [4.78, 5) is 12.7. The van der Waals surface area contributed by atoms with Crippen LogP contribution in [0.3, 0.4) is 0 Å². The second-order valence-electron chi connectivity index (χ2n) is 8.05. The monoisotopic (exact) mass is 452 g/mol. The van der Waals surface area contributed by atoms with Crippen molar-refractivity contribution >= 4 is 23.3 Å². The first-order chi connectivity index (χ1) is 15.1. The Labute approximate surface area is 194 Å². The average Bonchev–Trinajstić information content (AvgIpc) is 3.18. The van der Waals surface area contributed by atoms with Gasteiger partial charge in [0.15, 0.2) is 0 Å².